The molecule has 0 amide bonds. The van der Waals surface area contributed by atoms with E-state index in [9.17, 15) is 10.5 Å². The molecule has 2 aliphatic carbocycles. The zero-order chi connectivity index (χ0) is 45.1. The van der Waals surface area contributed by atoms with Crippen LogP contribution in [0.2, 0.25) is 0 Å². The lowest BCUT2D eigenvalue weighted by Gasteiger charge is -2.45. The molecular weight excluding hydrogens is 825 g/mol. The van der Waals surface area contributed by atoms with Gasteiger partial charge in [0.05, 0.1) is 56.8 Å². The van der Waals surface area contributed by atoms with Crippen LogP contribution in [-0.4, -0.2) is 0 Å². The maximum Gasteiger partial charge on any atom is 0.0992 e. The number of fused-ring (bicyclic) bond motifs is 18. The molecule has 0 saturated heterocycles. The Morgan fingerprint density at radius 1 is 0.279 bits per heavy atom. The highest BCUT2D eigenvalue weighted by Gasteiger charge is 2.53. The fourth-order valence-corrected chi connectivity index (χ4v) is 12.6. The first-order valence-corrected chi connectivity index (χ1v) is 23.1. The van der Waals surface area contributed by atoms with Crippen molar-refractivity contribution in [2.75, 3.05) is 9.80 Å². The number of para-hydroxylation sites is 4. The number of benzene rings is 10. The molecule has 0 radical (unpaired) electrons. The minimum absolute atomic E-state index is 0.530. The van der Waals surface area contributed by atoms with Gasteiger partial charge in [-0.25, -0.2) is 0 Å². The van der Waals surface area contributed by atoms with Gasteiger partial charge < -0.3 is 9.80 Å². The van der Waals surface area contributed by atoms with Crippen LogP contribution < -0.4 is 9.80 Å². The zero-order valence-corrected chi connectivity index (χ0v) is 36.7. The molecule has 314 valence electrons. The lowest BCUT2D eigenvalue weighted by atomic mass is 9.64. The van der Waals surface area contributed by atoms with Gasteiger partial charge in [-0.1, -0.05) is 170 Å². The van der Waals surface area contributed by atoms with Gasteiger partial charge in [0, 0.05) is 11.4 Å². The molecule has 0 aromatic heterocycles. The van der Waals surface area contributed by atoms with E-state index in [1.54, 1.807) is 0 Å². The first-order chi connectivity index (χ1) is 33.6. The Labute approximate surface area is 395 Å². The molecule has 2 spiro atoms. The molecular formula is C64H38N4. The van der Waals surface area contributed by atoms with Gasteiger partial charge in [-0.2, -0.15) is 10.5 Å². The van der Waals surface area contributed by atoms with Crippen LogP contribution in [0.25, 0.3) is 33.4 Å². The molecule has 0 atom stereocenters. The normalized spacial score (nSPS) is 14.3. The van der Waals surface area contributed by atoms with Crippen molar-refractivity contribution >= 4 is 34.1 Å². The molecule has 2 aliphatic heterocycles. The average Bonchev–Trinajstić information content (AvgIpc) is 3.87. The fourth-order valence-electron chi connectivity index (χ4n) is 12.6. The molecule has 4 aliphatic rings. The zero-order valence-electron chi connectivity index (χ0n) is 36.7. The smallest absolute Gasteiger partial charge is 0.0992 e. The monoisotopic (exact) mass is 862 g/mol. The molecule has 0 N–H and O–H groups in total. The van der Waals surface area contributed by atoms with E-state index in [1.807, 2.05) is 24.3 Å². The van der Waals surface area contributed by atoms with E-state index in [-0.39, 0.29) is 0 Å². The third-order valence-electron chi connectivity index (χ3n) is 15.0. The highest BCUT2D eigenvalue weighted by atomic mass is 15.2. The van der Waals surface area contributed by atoms with Crippen molar-refractivity contribution in [2.24, 2.45) is 0 Å². The predicted molar refractivity (Wildman–Crippen MR) is 272 cm³/mol. The van der Waals surface area contributed by atoms with E-state index < -0.39 is 10.8 Å². The van der Waals surface area contributed by atoms with E-state index in [2.05, 4.69) is 228 Å². The molecule has 2 heterocycles. The van der Waals surface area contributed by atoms with E-state index in [0.717, 1.165) is 45.3 Å². The Kier molecular flexibility index (Phi) is 7.92. The molecule has 4 heteroatoms. The third kappa shape index (κ3) is 4.85. The van der Waals surface area contributed by atoms with Gasteiger partial charge in [0.25, 0.3) is 0 Å². The Bertz CT molecular complexity index is 3440. The van der Waals surface area contributed by atoms with E-state index in [0.29, 0.717) is 11.1 Å². The van der Waals surface area contributed by atoms with E-state index in [1.165, 1.54) is 66.8 Å². The maximum atomic E-state index is 10.8. The second-order valence-electron chi connectivity index (χ2n) is 18.2. The standard InChI is InChI=1S/C64H38N4/c65-39-41-33-43(37-45(35-41)67-59-29-13-9-25-55(59)63(56-26-10-14-30-60(56)67)51-21-5-1-17-47(51)48-18-2-6-22-52(48)63)44-34-42(40-66)36-46(38-44)68-61-31-15-11-27-57(61)64(58-28-12-16-32-62(58)68)53-23-7-3-19-49(53)50-20-4-8-24-54(50)64/h1-38H. The summed E-state index contributed by atoms with van der Waals surface area (Å²) in [7, 11) is 0. The number of hydrogen-bond acceptors (Lipinski definition) is 4. The van der Waals surface area contributed by atoms with Crippen LogP contribution in [-0.2, 0) is 10.8 Å². The van der Waals surface area contributed by atoms with Crippen molar-refractivity contribution in [1.82, 2.24) is 0 Å². The van der Waals surface area contributed by atoms with E-state index in [4.69, 9.17) is 0 Å². The number of hydrogen-bond donors (Lipinski definition) is 0. The Morgan fingerprint density at radius 2 is 0.529 bits per heavy atom. The number of rotatable bonds is 3. The summed E-state index contributed by atoms with van der Waals surface area (Å²) in [5.74, 6) is 0. The fraction of sp³-hybridized carbons (Fsp3) is 0.0312. The van der Waals surface area contributed by atoms with Crippen molar-refractivity contribution in [3.63, 3.8) is 0 Å². The molecule has 14 rings (SSSR count). The maximum absolute atomic E-state index is 10.8. The number of nitrogens with zero attached hydrogens (tertiary/aromatic N) is 4. The summed E-state index contributed by atoms with van der Waals surface area (Å²) >= 11 is 0. The van der Waals surface area contributed by atoms with Crippen LogP contribution in [0.1, 0.15) is 55.6 Å². The van der Waals surface area contributed by atoms with Crippen LogP contribution in [0.4, 0.5) is 34.1 Å². The Hall–Kier alpha value is -9.22. The second kappa shape index (κ2) is 14.1. The average molecular weight is 863 g/mol. The highest BCUT2D eigenvalue weighted by molar-refractivity contribution is 5.99. The first-order valence-electron chi connectivity index (χ1n) is 23.1. The van der Waals surface area contributed by atoms with Gasteiger partial charge in [0.1, 0.15) is 0 Å². The highest BCUT2D eigenvalue weighted by Crippen LogP contribution is 2.65. The summed E-state index contributed by atoms with van der Waals surface area (Å²) in [6.07, 6.45) is 0. The summed E-state index contributed by atoms with van der Waals surface area (Å²) in [6.45, 7) is 0. The molecule has 0 saturated carbocycles. The predicted octanol–water partition coefficient (Wildman–Crippen LogP) is 15.4. The lowest BCUT2D eigenvalue weighted by Crippen LogP contribution is -2.36. The van der Waals surface area contributed by atoms with Crippen LogP contribution in [0.3, 0.4) is 0 Å². The Morgan fingerprint density at radius 3 is 0.809 bits per heavy atom. The van der Waals surface area contributed by atoms with Crippen LogP contribution in [0, 0.1) is 22.7 Å². The summed E-state index contributed by atoms with van der Waals surface area (Å²) in [5, 5.41) is 21.6. The molecule has 0 bridgehead atoms. The van der Waals surface area contributed by atoms with Gasteiger partial charge in [-0.05, 0) is 139 Å². The summed E-state index contributed by atoms with van der Waals surface area (Å²) in [5.41, 5.74) is 22.4. The van der Waals surface area contributed by atoms with Crippen LogP contribution >= 0.6 is 0 Å². The molecule has 0 unspecified atom stereocenters. The quantitative estimate of drug-likeness (QED) is 0.178. The second-order valence-corrected chi connectivity index (χ2v) is 18.2. The number of anilines is 6. The number of nitriles is 2. The van der Waals surface area contributed by atoms with E-state index >= 15 is 0 Å². The molecule has 10 aromatic carbocycles. The SMILES string of the molecule is N#Cc1cc(-c2cc(C#N)cc(N3c4ccccc4C4(c5ccccc5-c5ccccc54)c4ccccc43)c2)cc(N2c3ccccc3C3(c4ccccc4-c4ccccc43)c3ccccc32)c1. The van der Waals surface area contributed by atoms with Gasteiger partial charge in [0.2, 0.25) is 0 Å². The summed E-state index contributed by atoms with van der Waals surface area (Å²) < 4.78 is 0. The topological polar surface area (TPSA) is 54.1 Å². The molecule has 0 fully saturated rings. The van der Waals surface area contributed by atoms with Crippen molar-refractivity contribution in [3.05, 3.63) is 286 Å². The largest absolute Gasteiger partial charge is 0.310 e. The third-order valence-corrected chi connectivity index (χ3v) is 15.0. The van der Waals surface area contributed by atoms with Gasteiger partial charge in [0.15, 0.2) is 0 Å². The minimum Gasteiger partial charge on any atom is -0.310 e. The molecule has 10 aromatic rings. The summed E-state index contributed by atoms with van der Waals surface area (Å²) in [4.78, 5) is 4.65. The van der Waals surface area contributed by atoms with Crippen LogP contribution in [0.5, 0.6) is 0 Å². The van der Waals surface area contributed by atoms with Gasteiger partial charge in [-0.3, -0.25) is 0 Å². The lowest BCUT2D eigenvalue weighted by molar-refractivity contribution is 0.752. The van der Waals surface area contributed by atoms with Crippen molar-refractivity contribution in [1.29, 1.82) is 10.5 Å². The van der Waals surface area contributed by atoms with Gasteiger partial charge >= 0.3 is 0 Å². The van der Waals surface area contributed by atoms with Crippen LogP contribution in [0.15, 0.2) is 231 Å². The van der Waals surface area contributed by atoms with Crippen molar-refractivity contribution in [3.8, 4) is 45.5 Å². The summed E-state index contributed by atoms with van der Waals surface area (Å²) in [6, 6.07) is 87.6. The minimum atomic E-state index is -0.551. The Balaban J connectivity index is 0.965. The van der Waals surface area contributed by atoms with Crippen molar-refractivity contribution in [2.45, 2.75) is 10.8 Å². The molecule has 68 heavy (non-hydrogen) atoms. The van der Waals surface area contributed by atoms with Crippen molar-refractivity contribution < 1.29 is 0 Å². The first kappa shape index (κ1) is 38.1. The van der Waals surface area contributed by atoms with Gasteiger partial charge in [-0.15, -0.1) is 0 Å². The molecule has 4 nitrogen and oxygen atoms in total.